The number of likely N-dealkylation sites (tertiary alicyclic amines) is 2. The van der Waals surface area contributed by atoms with Gasteiger partial charge in [0.25, 0.3) is 0 Å². The van der Waals surface area contributed by atoms with Gasteiger partial charge in [-0.2, -0.15) is 0 Å². The van der Waals surface area contributed by atoms with Crippen LogP contribution in [0.25, 0.3) is 0 Å². The van der Waals surface area contributed by atoms with Gasteiger partial charge < -0.3 is 29.9 Å². The molecule has 0 unspecified atom stereocenters. The molecule has 0 aliphatic carbocycles. The first-order valence-corrected chi connectivity index (χ1v) is 13.5. The normalized spacial score (nSPS) is 18.8. The van der Waals surface area contributed by atoms with Crippen molar-refractivity contribution in [3.8, 4) is 11.5 Å². The Morgan fingerprint density at radius 2 is 1.10 bits per heavy atom. The highest BCUT2D eigenvalue weighted by atomic mass is 16.5. The third-order valence-corrected chi connectivity index (χ3v) is 6.89. The predicted octanol–water partition coefficient (Wildman–Crippen LogP) is 3.15. The molecule has 2 heterocycles. The number of nitrogens with zero attached hydrogens (tertiary/aromatic N) is 2. The predicted molar refractivity (Wildman–Crippen MR) is 146 cm³/mol. The van der Waals surface area contributed by atoms with E-state index in [9.17, 15) is 19.2 Å². The molecule has 4 amide bonds. The van der Waals surface area contributed by atoms with Gasteiger partial charge in [-0.25, -0.2) is 0 Å². The minimum atomic E-state index is -0.423. The summed E-state index contributed by atoms with van der Waals surface area (Å²) >= 11 is 0. The molecule has 208 valence electrons. The summed E-state index contributed by atoms with van der Waals surface area (Å²) in [5.74, 6) is 0.102. The van der Waals surface area contributed by atoms with Crippen molar-refractivity contribution in [3.63, 3.8) is 0 Å². The van der Waals surface area contributed by atoms with Crippen LogP contribution in [-0.4, -0.2) is 72.8 Å². The molecule has 2 aliphatic heterocycles. The van der Waals surface area contributed by atoms with E-state index in [0.717, 1.165) is 11.5 Å². The number of hydrogen-bond acceptors (Lipinski definition) is 6. The lowest BCUT2D eigenvalue weighted by Crippen LogP contribution is -2.33. The molecule has 2 atom stereocenters. The number of ether oxygens (including phenoxy) is 2. The third kappa shape index (κ3) is 7.49. The van der Waals surface area contributed by atoms with Crippen LogP contribution in [0.2, 0.25) is 0 Å². The minimum Gasteiger partial charge on any atom is -0.494 e. The Bertz CT molecular complexity index is 1080. The molecule has 39 heavy (non-hydrogen) atoms. The quantitative estimate of drug-likeness (QED) is 0.431. The van der Waals surface area contributed by atoms with Crippen molar-refractivity contribution in [1.29, 1.82) is 0 Å². The molecule has 0 saturated carbocycles. The van der Waals surface area contributed by atoms with Gasteiger partial charge in [0.15, 0.2) is 0 Å². The summed E-state index contributed by atoms with van der Waals surface area (Å²) in [5, 5.41) is 5.74. The van der Waals surface area contributed by atoms with Crippen molar-refractivity contribution >= 4 is 35.0 Å². The molecule has 2 aromatic rings. The standard InChI is InChI=1S/C29H36N4O6/c1-3-38-24-10-6-22(7-11-24)30-28(36)20-16-26(34)32(18-20)14-5-15-33-19-21(17-27(33)35)29(37)31-23-8-12-25(13-9-23)39-4-2/h6-13,20-21H,3-5,14-19H2,1-2H3,(H,30,36)(H,31,37)/t20-,21-/m1/s1. The van der Waals surface area contributed by atoms with Crippen molar-refractivity contribution in [2.24, 2.45) is 11.8 Å². The average molecular weight is 537 g/mol. The molecule has 10 nitrogen and oxygen atoms in total. The Morgan fingerprint density at radius 1 is 0.718 bits per heavy atom. The second-order valence-corrected chi connectivity index (χ2v) is 9.73. The Morgan fingerprint density at radius 3 is 1.46 bits per heavy atom. The third-order valence-electron chi connectivity index (χ3n) is 6.89. The van der Waals surface area contributed by atoms with Crippen molar-refractivity contribution in [1.82, 2.24) is 9.80 Å². The molecule has 0 spiro atoms. The molecule has 2 fully saturated rings. The second-order valence-electron chi connectivity index (χ2n) is 9.73. The molecule has 2 aromatic carbocycles. The van der Waals surface area contributed by atoms with E-state index in [1.807, 2.05) is 13.8 Å². The molecular weight excluding hydrogens is 500 g/mol. The van der Waals surface area contributed by atoms with Crippen LogP contribution in [0, 0.1) is 11.8 Å². The fraction of sp³-hybridized carbons (Fsp3) is 0.448. The monoisotopic (exact) mass is 536 g/mol. The number of anilines is 2. The zero-order valence-corrected chi connectivity index (χ0v) is 22.5. The summed E-state index contributed by atoms with van der Waals surface area (Å²) < 4.78 is 10.8. The number of carbonyl (C=O) groups excluding carboxylic acids is 4. The molecule has 0 aromatic heterocycles. The Kier molecular flexibility index (Phi) is 9.40. The van der Waals surface area contributed by atoms with Gasteiger partial charge in [0, 0.05) is 50.4 Å². The van der Waals surface area contributed by atoms with Gasteiger partial charge in [-0.05, 0) is 68.8 Å². The molecule has 2 saturated heterocycles. The van der Waals surface area contributed by atoms with Crippen LogP contribution in [0.5, 0.6) is 11.5 Å². The van der Waals surface area contributed by atoms with Gasteiger partial charge in [-0.1, -0.05) is 0 Å². The number of nitrogens with one attached hydrogen (secondary N) is 2. The molecule has 2 aliphatic rings. The number of rotatable bonds is 12. The average Bonchev–Trinajstić information content (AvgIpc) is 3.49. The molecule has 4 rings (SSSR count). The van der Waals surface area contributed by atoms with Crippen LogP contribution in [-0.2, 0) is 19.2 Å². The van der Waals surface area contributed by atoms with Gasteiger partial charge >= 0.3 is 0 Å². The van der Waals surface area contributed by atoms with Crippen LogP contribution >= 0.6 is 0 Å². The first kappa shape index (κ1) is 27.9. The first-order chi connectivity index (χ1) is 18.9. The van der Waals surface area contributed by atoms with Crippen molar-refractivity contribution < 1.29 is 28.7 Å². The van der Waals surface area contributed by atoms with E-state index in [1.54, 1.807) is 58.3 Å². The Labute approximate surface area is 228 Å². The fourth-order valence-corrected chi connectivity index (χ4v) is 4.87. The van der Waals surface area contributed by atoms with Crippen LogP contribution < -0.4 is 20.1 Å². The summed E-state index contributed by atoms with van der Waals surface area (Å²) in [6.45, 7) is 6.56. The lowest BCUT2D eigenvalue weighted by atomic mass is 10.1. The summed E-state index contributed by atoms with van der Waals surface area (Å²) in [7, 11) is 0. The van der Waals surface area contributed by atoms with E-state index in [0.29, 0.717) is 57.2 Å². The maximum Gasteiger partial charge on any atom is 0.229 e. The van der Waals surface area contributed by atoms with E-state index < -0.39 is 11.8 Å². The largest absolute Gasteiger partial charge is 0.494 e. The number of benzene rings is 2. The van der Waals surface area contributed by atoms with E-state index in [1.165, 1.54) is 0 Å². The lowest BCUT2D eigenvalue weighted by molar-refractivity contribution is -0.129. The lowest BCUT2D eigenvalue weighted by Gasteiger charge is -2.20. The van der Waals surface area contributed by atoms with Crippen molar-refractivity contribution in [2.45, 2.75) is 33.1 Å². The van der Waals surface area contributed by atoms with Crippen LogP contribution in [0.4, 0.5) is 11.4 Å². The SMILES string of the molecule is CCOc1ccc(NC(=O)[C@@H]2CC(=O)N(CCCN3C[C@H](C(=O)Nc4ccc(OCC)cc4)CC3=O)C2)cc1. The molecular formula is C29H36N4O6. The van der Waals surface area contributed by atoms with Crippen LogP contribution in [0.1, 0.15) is 33.1 Å². The summed E-state index contributed by atoms with van der Waals surface area (Å²) in [6, 6.07) is 14.3. The first-order valence-electron chi connectivity index (χ1n) is 13.5. The van der Waals surface area contributed by atoms with Crippen LogP contribution in [0.3, 0.4) is 0 Å². The van der Waals surface area contributed by atoms with Gasteiger partial charge in [0.1, 0.15) is 11.5 Å². The second kappa shape index (κ2) is 13.1. The van der Waals surface area contributed by atoms with Gasteiger partial charge in [-0.15, -0.1) is 0 Å². The van der Waals surface area contributed by atoms with E-state index in [-0.39, 0.29) is 36.5 Å². The van der Waals surface area contributed by atoms with Gasteiger partial charge in [-0.3, -0.25) is 19.2 Å². The highest BCUT2D eigenvalue weighted by Gasteiger charge is 2.36. The molecule has 2 N–H and O–H groups in total. The Balaban J connectivity index is 1.19. The van der Waals surface area contributed by atoms with E-state index in [2.05, 4.69) is 10.6 Å². The highest BCUT2D eigenvalue weighted by molar-refractivity contribution is 5.98. The highest BCUT2D eigenvalue weighted by Crippen LogP contribution is 2.24. The zero-order valence-electron chi connectivity index (χ0n) is 22.5. The number of carbonyl (C=O) groups is 4. The smallest absolute Gasteiger partial charge is 0.229 e. The summed E-state index contributed by atoms with van der Waals surface area (Å²) in [5.41, 5.74) is 1.31. The molecule has 0 bridgehead atoms. The Hall–Kier alpha value is -4.08. The molecule has 10 heteroatoms. The van der Waals surface area contributed by atoms with Gasteiger partial charge in [0.2, 0.25) is 23.6 Å². The summed E-state index contributed by atoms with van der Waals surface area (Å²) in [6.07, 6.45) is 0.913. The van der Waals surface area contributed by atoms with Crippen LogP contribution in [0.15, 0.2) is 48.5 Å². The van der Waals surface area contributed by atoms with Crippen molar-refractivity contribution in [3.05, 3.63) is 48.5 Å². The fourth-order valence-electron chi connectivity index (χ4n) is 4.87. The number of amides is 4. The zero-order chi connectivity index (χ0) is 27.8. The number of hydrogen-bond donors (Lipinski definition) is 2. The topological polar surface area (TPSA) is 117 Å². The maximum absolute atomic E-state index is 12.7. The van der Waals surface area contributed by atoms with Crippen molar-refractivity contribution in [2.75, 3.05) is 50.0 Å². The van der Waals surface area contributed by atoms with Gasteiger partial charge in [0.05, 0.1) is 25.0 Å². The van der Waals surface area contributed by atoms with E-state index in [4.69, 9.17) is 9.47 Å². The maximum atomic E-state index is 12.7. The minimum absolute atomic E-state index is 0.0674. The molecule has 0 radical (unpaired) electrons. The van der Waals surface area contributed by atoms with E-state index >= 15 is 0 Å². The summed E-state index contributed by atoms with van der Waals surface area (Å²) in [4.78, 5) is 53.8.